The first kappa shape index (κ1) is 22.8. The molecule has 0 aliphatic heterocycles. The summed E-state index contributed by atoms with van der Waals surface area (Å²) in [5.74, 6) is -0.411. The molecule has 1 aromatic heterocycles. The van der Waals surface area contributed by atoms with Crippen molar-refractivity contribution < 1.29 is 9.53 Å². The highest BCUT2D eigenvalue weighted by Crippen LogP contribution is 2.34. The van der Waals surface area contributed by atoms with Crippen LogP contribution in [0.5, 0.6) is 0 Å². The Kier molecular flexibility index (Phi) is 7.97. The van der Waals surface area contributed by atoms with E-state index in [0.29, 0.717) is 37.7 Å². The number of ether oxygens (including phenoxy) is 1. The highest BCUT2D eigenvalue weighted by atomic mass is 35.5. The zero-order valence-electron chi connectivity index (χ0n) is 15.8. The predicted octanol–water partition coefficient (Wildman–Crippen LogP) is 7.28. The molecular formula is C21H17Cl3N2O2S2. The minimum atomic E-state index is -0.411. The van der Waals surface area contributed by atoms with E-state index < -0.39 is 5.97 Å². The third kappa shape index (κ3) is 5.86. The van der Waals surface area contributed by atoms with Gasteiger partial charge in [0, 0.05) is 11.3 Å². The number of thiophene rings is 1. The third-order valence-electron chi connectivity index (χ3n) is 3.98. The Labute approximate surface area is 199 Å². The van der Waals surface area contributed by atoms with E-state index in [0.717, 1.165) is 10.4 Å². The van der Waals surface area contributed by atoms with E-state index in [-0.39, 0.29) is 11.7 Å². The van der Waals surface area contributed by atoms with Gasteiger partial charge in [-0.05, 0) is 42.9 Å². The maximum Gasteiger partial charge on any atom is 0.341 e. The maximum absolute atomic E-state index is 12.4. The van der Waals surface area contributed by atoms with Gasteiger partial charge in [-0.25, -0.2) is 4.79 Å². The van der Waals surface area contributed by atoms with Crippen LogP contribution in [0.2, 0.25) is 15.1 Å². The van der Waals surface area contributed by atoms with Crippen molar-refractivity contribution in [1.82, 2.24) is 0 Å². The van der Waals surface area contributed by atoms with Crippen LogP contribution in [0.1, 0.15) is 27.7 Å². The van der Waals surface area contributed by atoms with Crippen LogP contribution in [0.3, 0.4) is 0 Å². The molecule has 30 heavy (non-hydrogen) atoms. The summed E-state index contributed by atoms with van der Waals surface area (Å²) in [5, 5.41) is 7.97. The largest absolute Gasteiger partial charge is 0.462 e. The molecule has 0 bridgehead atoms. The van der Waals surface area contributed by atoms with E-state index in [1.54, 1.807) is 13.0 Å². The first-order valence-corrected chi connectivity index (χ1v) is 11.3. The molecule has 0 aliphatic carbocycles. The molecule has 2 N–H and O–H groups in total. The van der Waals surface area contributed by atoms with Crippen LogP contribution >= 0.6 is 58.4 Å². The molecule has 3 rings (SSSR count). The fourth-order valence-electron chi connectivity index (χ4n) is 2.65. The lowest BCUT2D eigenvalue weighted by molar-refractivity contribution is 0.0528. The molecule has 0 spiro atoms. The van der Waals surface area contributed by atoms with Crippen molar-refractivity contribution in [1.29, 1.82) is 0 Å². The summed E-state index contributed by atoms with van der Waals surface area (Å²) in [7, 11) is 0. The molecular weight excluding hydrogens is 483 g/mol. The number of nitrogens with one attached hydrogen (secondary N) is 2. The highest BCUT2D eigenvalue weighted by molar-refractivity contribution is 7.80. The number of thiocarbonyl (C=S) groups is 1. The van der Waals surface area contributed by atoms with Crippen LogP contribution < -0.4 is 10.6 Å². The number of carbonyl (C=O) groups is 1. The van der Waals surface area contributed by atoms with Crippen molar-refractivity contribution in [3.8, 4) is 0 Å². The Bertz CT molecular complexity index is 1070. The smallest absolute Gasteiger partial charge is 0.341 e. The Morgan fingerprint density at radius 2 is 1.73 bits per heavy atom. The number of halogens is 3. The zero-order chi connectivity index (χ0) is 21.7. The summed E-state index contributed by atoms with van der Waals surface area (Å²) < 4.78 is 5.19. The summed E-state index contributed by atoms with van der Waals surface area (Å²) in [5.41, 5.74) is 2.07. The van der Waals surface area contributed by atoms with Crippen molar-refractivity contribution in [3.05, 3.63) is 79.6 Å². The van der Waals surface area contributed by atoms with E-state index in [4.69, 9.17) is 51.8 Å². The first-order valence-electron chi connectivity index (χ1n) is 8.93. The van der Waals surface area contributed by atoms with Gasteiger partial charge >= 0.3 is 5.97 Å². The zero-order valence-corrected chi connectivity index (χ0v) is 19.7. The normalized spacial score (nSPS) is 10.5. The van der Waals surface area contributed by atoms with Crippen LogP contribution in [0, 0.1) is 0 Å². The van der Waals surface area contributed by atoms with Crippen LogP contribution in [-0.4, -0.2) is 17.7 Å². The summed E-state index contributed by atoms with van der Waals surface area (Å²) in [6.45, 7) is 2.05. The van der Waals surface area contributed by atoms with Crippen LogP contribution in [0.25, 0.3) is 0 Å². The summed E-state index contributed by atoms with van der Waals surface area (Å²) >= 11 is 25.1. The molecule has 2 aromatic carbocycles. The quantitative estimate of drug-likeness (QED) is 0.212. The minimum Gasteiger partial charge on any atom is -0.462 e. The summed E-state index contributed by atoms with van der Waals surface area (Å²) in [6, 6.07) is 14.9. The van der Waals surface area contributed by atoms with Gasteiger partial charge in [-0.3, -0.25) is 0 Å². The second-order valence-corrected chi connectivity index (χ2v) is 8.93. The number of rotatable bonds is 6. The molecule has 0 unspecified atom stereocenters. The first-order chi connectivity index (χ1) is 14.4. The fraction of sp³-hybridized carbons (Fsp3) is 0.143. The number of hydrogen-bond acceptors (Lipinski definition) is 4. The average molecular weight is 500 g/mol. The monoisotopic (exact) mass is 498 g/mol. The number of anilines is 2. The number of esters is 1. The lowest BCUT2D eigenvalue weighted by Gasteiger charge is -2.12. The maximum atomic E-state index is 12.4. The highest BCUT2D eigenvalue weighted by Gasteiger charge is 2.19. The topological polar surface area (TPSA) is 50.4 Å². The van der Waals surface area contributed by atoms with Crippen molar-refractivity contribution in [3.63, 3.8) is 0 Å². The SMILES string of the molecule is CCOC(=O)c1cc(Cc2ccccc2)sc1NC(=S)Nc1cc(Cl)c(Cl)cc1Cl. The van der Waals surface area contributed by atoms with Crippen molar-refractivity contribution in [2.24, 2.45) is 0 Å². The fourth-order valence-corrected chi connectivity index (χ4v) is 4.61. The van der Waals surface area contributed by atoms with E-state index in [9.17, 15) is 4.79 Å². The molecule has 3 aromatic rings. The van der Waals surface area contributed by atoms with E-state index in [2.05, 4.69) is 10.6 Å². The Hall–Kier alpha value is -1.83. The van der Waals surface area contributed by atoms with Gasteiger partial charge in [0.25, 0.3) is 0 Å². The van der Waals surface area contributed by atoms with E-state index >= 15 is 0 Å². The second kappa shape index (κ2) is 10.5. The van der Waals surface area contributed by atoms with Gasteiger partial charge in [-0.1, -0.05) is 65.1 Å². The minimum absolute atomic E-state index is 0.258. The lowest BCUT2D eigenvalue weighted by Crippen LogP contribution is -2.20. The Morgan fingerprint density at radius 3 is 2.43 bits per heavy atom. The molecule has 9 heteroatoms. The van der Waals surface area contributed by atoms with E-state index in [1.165, 1.54) is 17.4 Å². The van der Waals surface area contributed by atoms with Gasteiger partial charge in [0.1, 0.15) is 5.00 Å². The molecule has 0 atom stereocenters. The lowest BCUT2D eigenvalue weighted by atomic mass is 10.1. The van der Waals surface area contributed by atoms with Crippen LogP contribution in [0.15, 0.2) is 48.5 Å². The Balaban J connectivity index is 1.81. The molecule has 0 radical (unpaired) electrons. The van der Waals surface area contributed by atoms with Gasteiger partial charge in [0.2, 0.25) is 0 Å². The molecule has 0 saturated heterocycles. The molecule has 0 saturated carbocycles. The second-order valence-electron chi connectivity index (χ2n) is 6.16. The molecule has 0 aliphatic rings. The number of carbonyl (C=O) groups excluding carboxylic acids is 1. The van der Waals surface area contributed by atoms with Gasteiger partial charge < -0.3 is 15.4 Å². The molecule has 156 valence electrons. The van der Waals surface area contributed by atoms with Crippen molar-refractivity contribution in [2.75, 3.05) is 17.2 Å². The average Bonchev–Trinajstić information content (AvgIpc) is 3.09. The van der Waals surface area contributed by atoms with E-state index in [1.807, 2.05) is 36.4 Å². The number of benzene rings is 2. The van der Waals surface area contributed by atoms with Gasteiger partial charge in [0.15, 0.2) is 5.11 Å². The molecule has 1 heterocycles. The van der Waals surface area contributed by atoms with Crippen molar-refractivity contribution in [2.45, 2.75) is 13.3 Å². The van der Waals surface area contributed by atoms with Gasteiger partial charge in [-0.15, -0.1) is 11.3 Å². The summed E-state index contributed by atoms with van der Waals surface area (Å²) in [6.07, 6.45) is 0.693. The standard InChI is InChI=1S/C21H17Cl3N2O2S2/c1-2-28-20(27)14-9-13(8-12-6-4-3-5-7-12)30-19(14)26-21(29)25-18-11-16(23)15(22)10-17(18)24/h3-7,9-11H,2,8H2,1H3,(H2,25,26,29). The summed E-state index contributed by atoms with van der Waals surface area (Å²) in [4.78, 5) is 13.4. The number of hydrogen-bond donors (Lipinski definition) is 2. The third-order valence-corrected chi connectivity index (χ3v) is 6.27. The van der Waals surface area contributed by atoms with Crippen molar-refractivity contribution >= 4 is 80.1 Å². The van der Waals surface area contributed by atoms with Crippen LogP contribution in [-0.2, 0) is 11.2 Å². The molecule has 0 amide bonds. The van der Waals surface area contributed by atoms with Gasteiger partial charge in [0.05, 0.1) is 32.9 Å². The molecule has 0 fully saturated rings. The predicted molar refractivity (Wildman–Crippen MR) is 131 cm³/mol. The Morgan fingerprint density at radius 1 is 1.03 bits per heavy atom. The molecule has 4 nitrogen and oxygen atoms in total. The van der Waals surface area contributed by atoms with Crippen LogP contribution in [0.4, 0.5) is 10.7 Å². The van der Waals surface area contributed by atoms with Gasteiger partial charge in [-0.2, -0.15) is 0 Å².